The van der Waals surface area contributed by atoms with Crippen molar-refractivity contribution in [3.05, 3.63) is 23.7 Å². The van der Waals surface area contributed by atoms with Crippen LogP contribution in [0.25, 0.3) is 0 Å². The Kier molecular flexibility index (Phi) is 1.77. The van der Waals surface area contributed by atoms with Crippen LogP contribution in [0.2, 0.25) is 0 Å². The zero-order valence-electron chi connectivity index (χ0n) is 7.12. The first-order valence-corrected chi connectivity index (χ1v) is 4.03. The number of H-pyrrole nitrogens is 1. The molecule has 1 aromatic rings. The Labute approximate surface area is 75.6 Å². The van der Waals surface area contributed by atoms with Crippen molar-refractivity contribution in [2.75, 3.05) is 5.73 Å². The maximum absolute atomic E-state index is 5.53. The molecule has 68 valence electrons. The second-order valence-corrected chi connectivity index (χ2v) is 3.06. The van der Waals surface area contributed by atoms with Crippen molar-refractivity contribution in [1.82, 2.24) is 9.97 Å². The third-order valence-corrected chi connectivity index (χ3v) is 1.89. The number of nitrogens with one attached hydrogen (secondary N) is 1. The lowest BCUT2D eigenvalue weighted by atomic mass is 10.1. The first-order chi connectivity index (χ1) is 6.24. The Bertz CT molecular complexity index is 374. The molecular formula is C8H11N5. The minimum absolute atomic E-state index is 0.447. The summed E-state index contributed by atoms with van der Waals surface area (Å²) >= 11 is 0. The quantitative estimate of drug-likeness (QED) is 0.601. The van der Waals surface area contributed by atoms with Gasteiger partial charge in [-0.2, -0.15) is 0 Å². The number of hydrogen-bond donors (Lipinski definition) is 3. The fraction of sp³-hybridized carbons (Fsp3) is 0.250. The van der Waals surface area contributed by atoms with Gasteiger partial charge in [0.2, 0.25) is 0 Å². The largest absolute Gasteiger partial charge is 0.387 e. The standard InChI is InChI=1S/C8H11N5/c9-7-2-5(3-11-7)1-6-4-12-8(10)13-6/h3-4H,1-2H2,(H2,9,11)(H3,10,12,13). The molecule has 5 heteroatoms. The molecule has 0 saturated heterocycles. The van der Waals surface area contributed by atoms with E-state index in [4.69, 9.17) is 11.5 Å². The van der Waals surface area contributed by atoms with Gasteiger partial charge in [0, 0.05) is 24.7 Å². The monoisotopic (exact) mass is 177 g/mol. The van der Waals surface area contributed by atoms with Crippen LogP contribution in [0.15, 0.2) is 23.0 Å². The van der Waals surface area contributed by atoms with Crippen molar-refractivity contribution in [3.63, 3.8) is 0 Å². The number of nitrogen functional groups attached to an aromatic ring is 1. The highest BCUT2D eigenvalue weighted by molar-refractivity contribution is 5.85. The maximum Gasteiger partial charge on any atom is 0.197 e. The molecule has 5 nitrogen and oxygen atoms in total. The fourth-order valence-electron chi connectivity index (χ4n) is 1.32. The van der Waals surface area contributed by atoms with Gasteiger partial charge in [0.15, 0.2) is 5.95 Å². The fourth-order valence-corrected chi connectivity index (χ4v) is 1.32. The SMILES string of the molecule is NC1=NC=C(Cc2cnc(N)[nH]2)C1. The molecule has 2 rings (SSSR count). The van der Waals surface area contributed by atoms with Gasteiger partial charge in [-0.05, 0) is 5.57 Å². The Balaban J connectivity index is 2.01. The molecule has 0 aromatic carbocycles. The Hall–Kier alpha value is -1.78. The molecule has 0 atom stereocenters. The summed E-state index contributed by atoms with van der Waals surface area (Å²) in [6, 6.07) is 0. The van der Waals surface area contributed by atoms with Crippen LogP contribution in [0.5, 0.6) is 0 Å². The molecule has 13 heavy (non-hydrogen) atoms. The van der Waals surface area contributed by atoms with Crippen molar-refractivity contribution in [2.24, 2.45) is 10.7 Å². The number of amidine groups is 1. The summed E-state index contributed by atoms with van der Waals surface area (Å²) < 4.78 is 0. The van der Waals surface area contributed by atoms with E-state index in [9.17, 15) is 0 Å². The minimum atomic E-state index is 0.447. The molecule has 0 fully saturated rings. The van der Waals surface area contributed by atoms with Gasteiger partial charge in [-0.15, -0.1) is 0 Å². The average Bonchev–Trinajstić information content (AvgIpc) is 2.62. The lowest BCUT2D eigenvalue weighted by molar-refractivity contribution is 1.05. The van der Waals surface area contributed by atoms with E-state index in [1.165, 1.54) is 5.57 Å². The number of aliphatic imine (C=N–C) groups is 1. The molecule has 0 bridgehead atoms. The molecule has 0 radical (unpaired) electrons. The van der Waals surface area contributed by atoms with Gasteiger partial charge in [-0.1, -0.05) is 0 Å². The first kappa shape index (κ1) is 7.85. The Morgan fingerprint density at radius 2 is 2.31 bits per heavy atom. The van der Waals surface area contributed by atoms with Gasteiger partial charge < -0.3 is 16.5 Å². The molecule has 1 aromatic heterocycles. The van der Waals surface area contributed by atoms with E-state index >= 15 is 0 Å². The first-order valence-electron chi connectivity index (χ1n) is 4.03. The zero-order chi connectivity index (χ0) is 9.26. The topological polar surface area (TPSA) is 93.1 Å². The van der Waals surface area contributed by atoms with Crippen LogP contribution >= 0.6 is 0 Å². The third-order valence-electron chi connectivity index (χ3n) is 1.89. The van der Waals surface area contributed by atoms with E-state index in [0.29, 0.717) is 11.8 Å². The molecule has 1 aliphatic rings. The molecule has 2 heterocycles. The Morgan fingerprint density at radius 3 is 2.85 bits per heavy atom. The smallest absolute Gasteiger partial charge is 0.197 e. The van der Waals surface area contributed by atoms with Crippen LogP contribution in [-0.2, 0) is 6.42 Å². The van der Waals surface area contributed by atoms with Gasteiger partial charge in [0.05, 0.1) is 6.20 Å². The highest BCUT2D eigenvalue weighted by atomic mass is 15.0. The summed E-state index contributed by atoms with van der Waals surface area (Å²) in [5.74, 6) is 1.12. The minimum Gasteiger partial charge on any atom is -0.387 e. The average molecular weight is 177 g/mol. The van der Waals surface area contributed by atoms with Crippen LogP contribution in [0.4, 0.5) is 5.95 Å². The van der Waals surface area contributed by atoms with E-state index < -0.39 is 0 Å². The molecule has 5 N–H and O–H groups in total. The predicted octanol–water partition coefficient (Wildman–Crippen LogP) is 0.179. The van der Waals surface area contributed by atoms with Gasteiger partial charge in [0.25, 0.3) is 0 Å². The van der Waals surface area contributed by atoms with Crippen LogP contribution in [0, 0.1) is 0 Å². The second kappa shape index (κ2) is 2.93. The summed E-state index contributed by atoms with van der Waals surface area (Å²) in [7, 11) is 0. The number of aromatic nitrogens is 2. The van der Waals surface area contributed by atoms with E-state index in [0.717, 1.165) is 18.5 Å². The van der Waals surface area contributed by atoms with E-state index in [2.05, 4.69) is 15.0 Å². The van der Waals surface area contributed by atoms with Gasteiger partial charge in [0.1, 0.15) is 5.84 Å². The summed E-state index contributed by atoms with van der Waals surface area (Å²) in [5.41, 5.74) is 13.1. The van der Waals surface area contributed by atoms with Crippen molar-refractivity contribution in [3.8, 4) is 0 Å². The van der Waals surface area contributed by atoms with Crippen molar-refractivity contribution < 1.29 is 0 Å². The van der Waals surface area contributed by atoms with Crippen LogP contribution in [-0.4, -0.2) is 15.8 Å². The van der Waals surface area contributed by atoms with Crippen LogP contribution in [0.1, 0.15) is 12.1 Å². The summed E-state index contributed by atoms with van der Waals surface area (Å²) in [4.78, 5) is 10.8. The van der Waals surface area contributed by atoms with E-state index in [1.54, 1.807) is 12.4 Å². The highest BCUT2D eigenvalue weighted by Crippen LogP contribution is 2.14. The molecule has 0 spiro atoms. The third kappa shape index (κ3) is 1.69. The highest BCUT2D eigenvalue weighted by Gasteiger charge is 2.08. The predicted molar refractivity (Wildman–Crippen MR) is 51.0 cm³/mol. The van der Waals surface area contributed by atoms with Crippen LogP contribution in [0.3, 0.4) is 0 Å². The van der Waals surface area contributed by atoms with Crippen molar-refractivity contribution in [1.29, 1.82) is 0 Å². The van der Waals surface area contributed by atoms with Crippen molar-refractivity contribution >= 4 is 11.8 Å². The number of imidazole rings is 1. The number of nitrogens with zero attached hydrogens (tertiary/aromatic N) is 2. The molecule has 0 aliphatic carbocycles. The van der Waals surface area contributed by atoms with E-state index in [1.807, 2.05) is 0 Å². The lowest BCUT2D eigenvalue weighted by Crippen LogP contribution is -2.08. The Morgan fingerprint density at radius 1 is 1.46 bits per heavy atom. The summed E-state index contributed by atoms with van der Waals surface area (Å²) in [5, 5.41) is 0. The van der Waals surface area contributed by atoms with Crippen LogP contribution < -0.4 is 11.5 Å². The maximum atomic E-state index is 5.53. The lowest BCUT2D eigenvalue weighted by Gasteiger charge is -1.97. The number of nitrogens with two attached hydrogens (primary N) is 2. The zero-order valence-corrected chi connectivity index (χ0v) is 7.12. The molecule has 1 aliphatic heterocycles. The number of hydrogen-bond acceptors (Lipinski definition) is 4. The van der Waals surface area contributed by atoms with Crippen molar-refractivity contribution in [2.45, 2.75) is 12.8 Å². The molecule has 0 amide bonds. The molecular weight excluding hydrogens is 166 g/mol. The normalized spacial score (nSPS) is 15.7. The molecule has 0 unspecified atom stereocenters. The number of anilines is 1. The van der Waals surface area contributed by atoms with Gasteiger partial charge >= 0.3 is 0 Å². The second-order valence-electron chi connectivity index (χ2n) is 3.06. The van der Waals surface area contributed by atoms with Gasteiger partial charge in [-0.3, -0.25) is 0 Å². The summed E-state index contributed by atoms with van der Waals surface area (Å²) in [6.07, 6.45) is 5.06. The number of aromatic amines is 1. The van der Waals surface area contributed by atoms with E-state index in [-0.39, 0.29) is 0 Å². The summed E-state index contributed by atoms with van der Waals surface area (Å²) in [6.45, 7) is 0. The molecule has 0 saturated carbocycles. The number of rotatable bonds is 2. The van der Waals surface area contributed by atoms with Gasteiger partial charge in [-0.25, -0.2) is 9.98 Å².